The minimum Gasteiger partial charge on any atom is -0.382 e. The smallest absolute Gasteiger partial charge is 0.382 e. The molecule has 1 aromatic heterocycles. The molecule has 2 rings (SSSR count). The van der Waals surface area contributed by atoms with E-state index in [4.69, 9.17) is 11.0 Å². The average molecular weight is 278 g/mol. The Morgan fingerprint density at radius 2 is 1.75 bits per heavy atom. The van der Waals surface area contributed by atoms with Crippen LogP contribution in [0.1, 0.15) is 17.0 Å². The first-order valence-corrected chi connectivity index (χ1v) is 5.55. The largest absolute Gasteiger partial charge is 0.416 e. The molecule has 2 aromatic rings. The maximum atomic E-state index is 12.5. The molecule has 0 radical (unpaired) electrons. The van der Waals surface area contributed by atoms with Crippen LogP contribution in [0.15, 0.2) is 24.3 Å². The number of nitrogens with two attached hydrogens (primary N) is 1. The van der Waals surface area contributed by atoms with E-state index in [-0.39, 0.29) is 17.1 Å². The molecule has 0 bridgehead atoms. The van der Waals surface area contributed by atoms with E-state index in [2.05, 4.69) is 9.97 Å². The Labute approximate surface area is 112 Å². The predicted molar refractivity (Wildman–Crippen MR) is 66.3 cm³/mol. The molecule has 0 unspecified atom stereocenters. The van der Waals surface area contributed by atoms with Gasteiger partial charge in [-0.25, -0.2) is 9.97 Å². The molecular formula is C13H9F3N4. The number of hydrogen-bond acceptors (Lipinski definition) is 4. The fourth-order valence-corrected chi connectivity index (χ4v) is 1.73. The summed E-state index contributed by atoms with van der Waals surface area (Å²) in [6.45, 7) is 1.59. The van der Waals surface area contributed by atoms with Crippen molar-refractivity contribution in [3.63, 3.8) is 0 Å². The van der Waals surface area contributed by atoms with E-state index in [0.717, 1.165) is 12.1 Å². The maximum absolute atomic E-state index is 12.5. The van der Waals surface area contributed by atoms with Crippen LogP contribution >= 0.6 is 0 Å². The molecule has 0 aliphatic carbocycles. The monoisotopic (exact) mass is 278 g/mol. The van der Waals surface area contributed by atoms with Crippen LogP contribution in [0, 0.1) is 18.3 Å². The van der Waals surface area contributed by atoms with E-state index < -0.39 is 11.7 Å². The summed E-state index contributed by atoms with van der Waals surface area (Å²) in [5.74, 6) is 0.353. The molecule has 2 N–H and O–H groups in total. The molecule has 0 spiro atoms. The summed E-state index contributed by atoms with van der Waals surface area (Å²) in [5.41, 5.74) is 5.51. The van der Waals surface area contributed by atoms with E-state index in [1.54, 1.807) is 6.92 Å². The number of hydrogen-bond donors (Lipinski definition) is 1. The van der Waals surface area contributed by atoms with Crippen molar-refractivity contribution in [2.24, 2.45) is 0 Å². The molecule has 0 saturated carbocycles. The van der Waals surface area contributed by atoms with Crippen LogP contribution in [0.2, 0.25) is 0 Å². The van der Waals surface area contributed by atoms with Gasteiger partial charge in [-0.3, -0.25) is 0 Å². The molecule has 0 amide bonds. The lowest BCUT2D eigenvalue weighted by Crippen LogP contribution is -2.05. The van der Waals surface area contributed by atoms with Gasteiger partial charge in [-0.2, -0.15) is 18.4 Å². The van der Waals surface area contributed by atoms with Crippen LogP contribution in [-0.2, 0) is 6.18 Å². The van der Waals surface area contributed by atoms with Gasteiger partial charge in [0.05, 0.1) is 11.3 Å². The fourth-order valence-electron chi connectivity index (χ4n) is 1.73. The summed E-state index contributed by atoms with van der Waals surface area (Å²) in [6.07, 6.45) is -4.41. The van der Waals surface area contributed by atoms with Gasteiger partial charge in [0.1, 0.15) is 23.3 Å². The molecule has 0 fully saturated rings. The standard InChI is InChI=1S/C13H9F3N4/c1-7-19-11(10(6-17)12(18)20-7)8-2-4-9(5-3-8)13(14,15)16/h2-5H,1H3,(H2,18,19,20). The average Bonchev–Trinajstić information content (AvgIpc) is 2.37. The maximum Gasteiger partial charge on any atom is 0.416 e. The van der Waals surface area contributed by atoms with Crippen LogP contribution in [0.3, 0.4) is 0 Å². The number of alkyl halides is 3. The highest BCUT2D eigenvalue weighted by Gasteiger charge is 2.30. The Bertz CT molecular complexity index is 684. The van der Waals surface area contributed by atoms with Crippen LogP contribution in [0.25, 0.3) is 11.3 Å². The number of nitriles is 1. The molecular weight excluding hydrogens is 269 g/mol. The number of aryl methyl sites for hydroxylation is 1. The van der Waals surface area contributed by atoms with Crippen molar-refractivity contribution >= 4 is 5.82 Å². The number of benzene rings is 1. The summed E-state index contributed by atoms with van der Waals surface area (Å²) in [6, 6.07) is 6.24. The predicted octanol–water partition coefficient (Wildman–Crippen LogP) is 2.92. The van der Waals surface area contributed by atoms with Gasteiger partial charge in [0.15, 0.2) is 0 Å². The Morgan fingerprint density at radius 3 is 2.25 bits per heavy atom. The van der Waals surface area contributed by atoms with Crippen LogP contribution in [0.5, 0.6) is 0 Å². The Kier molecular flexibility index (Phi) is 3.32. The van der Waals surface area contributed by atoms with Gasteiger partial charge in [0.25, 0.3) is 0 Å². The van der Waals surface area contributed by atoms with Crippen molar-refractivity contribution in [2.75, 3.05) is 5.73 Å². The third-order valence-corrected chi connectivity index (χ3v) is 2.65. The van der Waals surface area contributed by atoms with Crippen molar-refractivity contribution < 1.29 is 13.2 Å². The van der Waals surface area contributed by atoms with Crippen LogP contribution < -0.4 is 5.73 Å². The molecule has 0 atom stereocenters. The van der Waals surface area contributed by atoms with E-state index >= 15 is 0 Å². The van der Waals surface area contributed by atoms with Crippen LogP contribution in [-0.4, -0.2) is 9.97 Å². The van der Waals surface area contributed by atoms with Gasteiger partial charge in [-0.05, 0) is 19.1 Å². The minimum absolute atomic E-state index is 0.00916. The molecule has 1 aromatic carbocycles. The fraction of sp³-hybridized carbons (Fsp3) is 0.154. The normalized spacial score (nSPS) is 11.2. The van der Waals surface area contributed by atoms with Crippen molar-refractivity contribution in [1.82, 2.24) is 9.97 Å². The molecule has 4 nitrogen and oxygen atoms in total. The number of halogens is 3. The van der Waals surface area contributed by atoms with Gasteiger partial charge in [0, 0.05) is 5.56 Å². The van der Waals surface area contributed by atoms with Crippen LogP contribution in [0.4, 0.5) is 19.0 Å². The zero-order valence-electron chi connectivity index (χ0n) is 10.4. The van der Waals surface area contributed by atoms with Gasteiger partial charge < -0.3 is 5.73 Å². The molecule has 1 heterocycles. The topological polar surface area (TPSA) is 75.6 Å². The lowest BCUT2D eigenvalue weighted by atomic mass is 10.0. The molecule has 0 aliphatic heterocycles. The zero-order chi connectivity index (χ0) is 14.9. The highest BCUT2D eigenvalue weighted by molar-refractivity contribution is 5.71. The summed E-state index contributed by atoms with van der Waals surface area (Å²) in [5, 5.41) is 9.05. The van der Waals surface area contributed by atoms with Crippen molar-refractivity contribution in [1.29, 1.82) is 5.26 Å². The lowest BCUT2D eigenvalue weighted by molar-refractivity contribution is -0.137. The Hall–Kier alpha value is -2.62. The summed E-state index contributed by atoms with van der Waals surface area (Å²) >= 11 is 0. The molecule has 20 heavy (non-hydrogen) atoms. The SMILES string of the molecule is Cc1nc(N)c(C#N)c(-c2ccc(C(F)(F)F)cc2)n1. The minimum atomic E-state index is -4.41. The number of aromatic nitrogens is 2. The quantitative estimate of drug-likeness (QED) is 0.870. The second-order valence-corrected chi connectivity index (χ2v) is 4.07. The highest BCUT2D eigenvalue weighted by Crippen LogP contribution is 2.31. The third kappa shape index (κ3) is 2.54. The molecule has 0 saturated heterocycles. The molecule has 102 valence electrons. The van der Waals surface area contributed by atoms with Gasteiger partial charge in [-0.15, -0.1) is 0 Å². The van der Waals surface area contributed by atoms with Crippen molar-refractivity contribution in [2.45, 2.75) is 13.1 Å². The van der Waals surface area contributed by atoms with Gasteiger partial charge >= 0.3 is 6.18 Å². The number of nitrogens with zero attached hydrogens (tertiary/aromatic N) is 3. The van der Waals surface area contributed by atoms with Gasteiger partial charge in [-0.1, -0.05) is 12.1 Å². The first-order valence-electron chi connectivity index (χ1n) is 5.55. The number of rotatable bonds is 1. The Morgan fingerprint density at radius 1 is 1.15 bits per heavy atom. The third-order valence-electron chi connectivity index (χ3n) is 2.65. The highest BCUT2D eigenvalue weighted by atomic mass is 19.4. The first kappa shape index (κ1) is 13.8. The second kappa shape index (κ2) is 4.81. The Balaban J connectivity index is 2.56. The molecule has 0 aliphatic rings. The molecule has 7 heteroatoms. The lowest BCUT2D eigenvalue weighted by Gasteiger charge is -2.09. The number of anilines is 1. The second-order valence-electron chi connectivity index (χ2n) is 4.07. The van der Waals surface area contributed by atoms with Crippen molar-refractivity contribution in [3.8, 4) is 17.3 Å². The zero-order valence-corrected chi connectivity index (χ0v) is 10.4. The number of nitrogen functional groups attached to an aromatic ring is 1. The summed E-state index contributed by atoms with van der Waals surface area (Å²) < 4.78 is 37.5. The van der Waals surface area contributed by atoms with E-state index in [1.165, 1.54) is 12.1 Å². The van der Waals surface area contributed by atoms with Gasteiger partial charge in [0.2, 0.25) is 0 Å². The summed E-state index contributed by atoms with van der Waals surface area (Å²) in [7, 11) is 0. The van der Waals surface area contributed by atoms with E-state index in [0.29, 0.717) is 11.4 Å². The van der Waals surface area contributed by atoms with E-state index in [9.17, 15) is 13.2 Å². The first-order chi connectivity index (χ1) is 9.32. The van der Waals surface area contributed by atoms with Crippen molar-refractivity contribution in [3.05, 3.63) is 41.2 Å². The van der Waals surface area contributed by atoms with E-state index in [1.807, 2.05) is 6.07 Å². The summed E-state index contributed by atoms with van der Waals surface area (Å²) in [4.78, 5) is 7.92.